The quantitative estimate of drug-likeness (QED) is 0.800. The molecule has 19 heavy (non-hydrogen) atoms. The van der Waals surface area contributed by atoms with Crippen LogP contribution in [0.25, 0.3) is 0 Å². The highest BCUT2D eigenvalue weighted by molar-refractivity contribution is 5.49. The molecule has 2 rings (SSSR count). The second-order valence-electron chi connectivity index (χ2n) is 4.78. The topological polar surface area (TPSA) is 64.5 Å². The van der Waals surface area contributed by atoms with E-state index in [9.17, 15) is 0 Å². The molecule has 6 heteroatoms. The Kier molecular flexibility index (Phi) is 4.93. The zero-order chi connectivity index (χ0) is 13.7. The van der Waals surface area contributed by atoms with E-state index in [1.165, 1.54) is 0 Å². The maximum absolute atomic E-state index is 8.96. The minimum atomic E-state index is 0.233. The predicted octanol–water partition coefficient (Wildman–Crippen LogP) is 0.331. The second kappa shape index (κ2) is 6.68. The van der Waals surface area contributed by atoms with Crippen LogP contribution in [0.1, 0.15) is 12.5 Å². The third-order valence-electron chi connectivity index (χ3n) is 3.37. The molecule has 106 valence electrons. The average molecular weight is 265 g/mol. The van der Waals surface area contributed by atoms with Crippen LogP contribution in [-0.4, -0.2) is 65.8 Å². The van der Waals surface area contributed by atoms with Gasteiger partial charge in [0.2, 0.25) is 5.95 Å². The van der Waals surface area contributed by atoms with Crippen molar-refractivity contribution in [2.24, 2.45) is 0 Å². The highest BCUT2D eigenvalue weighted by Gasteiger charge is 2.19. The van der Waals surface area contributed by atoms with Crippen LogP contribution < -0.4 is 10.2 Å². The highest BCUT2D eigenvalue weighted by atomic mass is 16.3. The molecule has 2 heterocycles. The molecule has 0 atom stereocenters. The fourth-order valence-corrected chi connectivity index (χ4v) is 2.32. The molecule has 2 N–H and O–H groups in total. The van der Waals surface area contributed by atoms with E-state index >= 15 is 0 Å². The lowest BCUT2D eigenvalue weighted by Crippen LogP contribution is -2.47. The number of aryl methyl sites for hydroxylation is 1. The number of β-amino-alcohol motifs (C(OH)–C–C–N with tert-alkyl or cyclic N) is 1. The van der Waals surface area contributed by atoms with Gasteiger partial charge in [0, 0.05) is 51.0 Å². The SMILES string of the molecule is CCNc1ncc(C)c(N2CCN(CCO)CC2)n1. The number of piperazine rings is 1. The number of rotatable bonds is 5. The Balaban J connectivity index is 2.03. The first kappa shape index (κ1) is 14.0. The molecular weight excluding hydrogens is 242 g/mol. The Morgan fingerprint density at radius 3 is 2.68 bits per heavy atom. The van der Waals surface area contributed by atoms with E-state index < -0.39 is 0 Å². The number of nitrogens with zero attached hydrogens (tertiary/aromatic N) is 4. The third kappa shape index (κ3) is 3.54. The van der Waals surface area contributed by atoms with Crippen LogP contribution in [0.5, 0.6) is 0 Å². The summed E-state index contributed by atoms with van der Waals surface area (Å²) in [6.07, 6.45) is 1.88. The van der Waals surface area contributed by atoms with E-state index in [1.807, 2.05) is 20.0 Å². The summed E-state index contributed by atoms with van der Waals surface area (Å²) in [7, 11) is 0. The van der Waals surface area contributed by atoms with Gasteiger partial charge in [0.1, 0.15) is 5.82 Å². The molecule has 1 aliphatic heterocycles. The number of aliphatic hydroxyl groups is 1. The van der Waals surface area contributed by atoms with E-state index in [4.69, 9.17) is 5.11 Å². The molecule has 0 spiro atoms. The number of aliphatic hydroxyl groups excluding tert-OH is 1. The Hall–Kier alpha value is -1.40. The van der Waals surface area contributed by atoms with Gasteiger partial charge in [0.05, 0.1) is 6.61 Å². The van der Waals surface area contributed by atoms with Crippen LogP contribution in [0.3, 0.4) is 0 Å². The third-order valence-corrected chi connectivity index (χ3v) is 3.37. The largest absolute Gasteiger partial charge is 0.395 e. The van der Waals surface area contributed by atoms with Crippen molar-refractivity contribution in [1.82, 2.24) is 14.9 Å². The molecule has 1 aromatic rings. The molecule has 0 aliphatic carbocycles. The Bertz CT molecular complexity index is 404. The average Bonchev–Trinajstić information content (AvgIpc) is 2.43. The van der Waals surface area contributed by atoms with Crippen LogP contribution in [0.4, 0.5) is 11.8 Å². The van der Waals surface area contributed by atoms with Gasteiger partial charge >= 0.3 is 0 Å². The van der Waals surface area contributed by atoms with Gasteiger partial charge in [0.15, 0.2) is 0 Å². The fraction of sp³-hybridized carbons (Fsp3) is 0.692. The van der Waals surface area contributed by atoms with Crippen LogP contribution in [0.15, 0.2) is 6.20 Å². The van der Waals surface area contributed by atoms with Gasteiger partial charge in [0.25, 0.3) is 0 Å². The number of hydrogen-bond acceptors (Lipinski definition) is 6. The Labute approximate surface area is 114 Å². The maximum atomic E-state index is 8.96. The van der Waals surface area contributed by atoms with Crippen molar-refractivity contribution in [1.29, 1.82) is 0 Å². The predicted molar refractivity (Wildman–Crippen MR) is 76.7 cm³/mol. The van der Waals surface area contributed by atoms with Crippen molar-refractivity contribution in [2.75, 3.05) is 56.1 Å². The summed E-state index contributed by atoms with van der Waals surface area (Å²) in [5, 5.41) is 12.1. The normalized spacial score (nSPS) is 16.7. The number of anilines is 2. The van der Waals surface area contributed by atoms with Crippen molar-refractivity contribution in [3.63, 3.8) is 0 Å². The zero-order valence-corrected chi connectivity index (χ0v) is 11.8. The Morgan fingerprint density at radius 1 is 1.32 bits per heavy atom. The summed E-state index contributed by atoms with van der Waals surface area (Å²) < 4.78 is 0. The molecule has 0 saturated carbocycles. The van der Waals surface area contributed by atoms with Crippen LogP contribution in [0, 0.1) is 6.92 Å². The van der Waals surface area contributed by atoms with Crippen LogP contribution in [0.2, 0.25) is 0 Å². The first-order valence-corrected chi connectivity index (χ1v) is 6.90. The van der Waals surface area contributed by atoms with Crippen molar-refractivity contribution in [3.05, 3.63) is 11.8 Å². The van der Waals surface area contributed by atoms with Crippen LogP contribution in [-0.2, 0) is 0 Å². The monoisotopic (exact) mass is 265 g/mol. The van der Waals surface area contributed by atoms with Gasteiger partial charge in [-0.2, -0.15) is 4.98 Å². The summed E-state index contributed by atoms with van der Waals surface area (Å²) in [4.78, 5) is 13.4. The summed E-state index contributed by atoms with van der Waals surface area (Å²) in [6.45, 7) is 9.75. The molecule has 1 aliphatic rings. The molecule has 0 aromatic carbocycles. The molecular formula is C13H23N5O. The van der Waals surface area contributed by atoms with E-state index in [0.717, 1.165) is 50.6 Å². The maximum Gasteiger partial charge on any atom is 0.224 e. The minimum absolute atomic E-state index is 0.233. The van der Waals surface area contributed by atoms with Gasteiger partial charge in [-0.1, -0.05) is 0 Å². The van der Waals surface area contributed by atoms with Crippen molar-refractivity contribution in [3.8, 4) is 0 Å². The van der Waals surface area contributed by atoms with E-state index in [0.29, 0.717) is 5.95 Å². The highest BCUT2D eigenvalue weighted by Crippen LogP contribution is 2.19. The Morgan fingerprint density at radius 2 is 2.05 bits per heavy atom. The fourth-order valence-electron chi connectivity index (χ4n) is 2.32. The first-order chi connectivity index (χ1) is 9.24. The molecule has 1 fully saturated rings. The lowest BCUT2D eigenvalue weighted by Gasteiger charge is -2.35. The molecule has 6 nitrogen and oxygen atoms in total. The van der Waals surface area contributed by atoms with Gasteiger partial charge in [-0.3, -0.25) is 4.90 Å². The molecule has 0 unspecified atom stereocenters. The molecule has 0 radical (unpaired) electrons. The molecule has 0 amide bonds. The van der Waals surface area contributed by atoms with Crippen molar-refractivity contribution < 1.29 is 5.11 Å². The van der Waals surface area contributed by atoms with Gasteiger partial charge in [-0.15, -0.1) is 0 Å². The number of hydrogen-bond donors (Lipinski definition) is 2. The minimum Gasteiger partial charge on any atom is -0.395 e. The van der Waals surface area contributed by atoms with Crippen molar-refractivity contribution >= 4 is 11.8 Å². The van der Waals surface area contributed by atoms with Crippen LogP contribution >= 0.6 is 0 Å². The lowest BCUT2D eigenvalue weighted by atomic mass is 10.2. The number of aromatic nitrogens is 2. The summed E-state index contributed by atoms with van der Waals surface area (Å²) in [6, 6.07) is 0. The summed E-state index contributed by atoms with van der Waals surface area (Å²) >= 11 is 0. The molecule has 1 saturated heterocycles. The molecule has 1 aromatic heterocycles. The standard InChI is InChI=1S/C13H23N5O/c1-3-14-13-15-10-11(2)12(16-13)18-6-4-17(5-7-18)8-9-19/h10,19H,3-9H2,1-2H3,(H,14,15,16). The smallest absolute Gasteiger partial charge is 0.224 e. The molecule has 0 bridgehead atoms. The van der Waals surface area contributed by atoms with E-state index in [-0.39, 0.29) is 6.61 Å². The van der Waals surface area contributed by atoms with Gasteiger partial charge < -0.3 is 15.3 Å². The van der Waals surface area contributed by atoms with Gasteiger partial charge in [-0.25, -0.2) is 4.98 Å². The zero-order valence-electron chi connectivity index (χ0n) is 11.8. The summed E-state index contributed by atoms with van der Waals surface area (Å²) in [5.74, 6) is 1.72. The lowest BCUT2D eigenvalue weighted by molar-refractivity contribution is 0.188. The summed E-state index contributed by atoms with van der Waals surface area (Å²) in [5.41, 5.74) is 1.11. The second-order valence-corrected chi connectivity index (χ2v) is 4.78. The van der Waals surface area contributed by atoms with E-state index in [1.54, 1.807) is 0 Å². The van der Waals surface area contributed by atoms with Gasteiger partial charge in [-0.05, 0) is 13.8 Å². The van der Waals surface area contributed by atoms with E-state index in [2.05, 4.69) is 25.1 Å². The van der Waals surface area contributed by atoms with Crippen molar-refractivity contribution in [2.45, 2.75) is 13.8 Å². The number of nitrogens with one attached hydrogen (secondary N) is 1. The first-order valence-electron chi connectivity index (χ1n) is 6.90.